The molecule has 0 saturated carbocycles. The first kappa shape index (κ1) is 18.2. The van der Waals surface area contributed by atoms with Crippen molar-refractivity contribution in [1.82, 2.24) is 5.43 Å². The summed E-state index contributed by atoms with van der Waals surface area (Å²) in [5, 5.41) is 4.08. The van der Waals surface area contributed by atoms with Crippen LogP contribution in [0.4, 0.5) is 0 Å². The van der Waals surface area contributed by atoms with Gasteiger partial charge in [0, 0.05) is 0 Å². The molecule has 0 heterocycles. The number of carbonyl (C=O) groups is 1. The Balaban J connectivity index is 1.47. The van der Waals surface area contributed by atoms with Crippen molar-refractivity contribution in [1.29, 1.82) is 0 Å². The molecule has 0 radical (unpaired) electrons. The first-order valence-electron chi connectivity index (χ1n) is 8.55. The van der Waals surface area contributed by atoms with Crippen molar-refractivity contribution in [2.45, 2.75) is 6.92 Å². The van der Waals surface area contributed by atoms with E-state index < -0.39 is 0 Å². The number of ether oxygens (including phenoxy) is 2. The van der Waals surface area contributed by atoms with E-state index in [1.54, 1.807) is 24.3 Å². The van der Waals surface area contributed by atoms with E-state index in [1.807, 2.05) is 67.6 Å². The van der Waals surface area contributed by atoms with Crippen LogP contribution in [0.2, 0.25) is 0 Å². The number of nitrogens with zero attached hydrogens (tertiary/aromatic N) is 1. The second-order valence-corrected chi connectivity index (χ2v) is 5.77. The summed E-state index contributed by atoms with van der Waals surface area (Å²) in [5.74, 6) is 1.71. The summed E-state index contributed by atoms with van der Waals surface area (Å²) in [7, 11) is 0. The van der Waals surface area contributed by atoms with E-state index in [2.05, 4.69) is 10.5 Å². The lowest BCUT2D eigenvalue weighted by molar-refractivity contribution is -0.123. The minimum Gasteiger partial charge on any atom is -0.484 e. The lowest BCUT2D eigenvalue weighted by atomic mass is 10.1. The Hall–Kier alpha value is -3.60. The number of carbonyl (C=O) groups excluding carboxylic acids is 1. The highest BCUT2D eigenvalue weighted by atomic mass is 16.5. The zero-order chi connectivity index (χ0) is 18.9. The van der Waals surface area contributed by atoms with Gasteiger partial charge < -0.3 is 9.47 Å². The molecular formula is C22H20N2O3. The number of rotatable bonds is 7. The Morgan fingerprint density at radius 1 is 0.815 bits per heavy atom. The highest BCUT2D eigenvalue weighted by molar-refractivity contribution is 5.99. The summed E-state index contributed by atoms with van der Waals surface area (Å²) in [6, 6.07) is 26.2. The van der Waals surface area contributed by atoms with E-state index in [9.17, 15) is 4.79 Å². The molecule has 0 aliphatic rings. The molecule has 1 amide bonds. The monoisotopic (exact) mass is 360 g/mol. The average Bonchev–Trinajstić information content (AvgIpc) is 2.73. The number of hydrogen-bond acceptors (Lipinski definition) is 4. The summed E-state index contributed by atoms with van der Waals surface area (Å²) in [6.45, 7) is 1.71. The van der Waals surface area contributed by atoms with Crippen molar-refractivity contribution in [3.05, 3.63) is 90.5 Å². The predicted molar refractivity (Wildman–Crippen MR) is 105 cm³/mol. The van der Waals surface area contributed by atoms with E-state index in [1.165, 1.54) is 0 Å². The van der Waals surface area contributed by atoms with E-state index in [0.717, 1.165) is 17.0 Å². The fraction of sp³-hybridized carbons (Fsp3) is 0.0909. The van der Waals surface area contributed by atoms with Gasteiger partial charge in [0.25, 0.3) is 5.91 Å². The third-order valence-electron chi connectivity index (χ3n) is 3.71. The number of benzene rings is 3. The van der Waals surface area contributed by atoms with Gasteiger partial charge in [0.2, 0.25) is 0 Å². The lowest BCUT2D eigenvalue weighted by Gasteiger charge is -2.08. The van der Waals surface area contributed by atoms with Gasteiger partial charge in [-0.3, -0.25) is 4.79 Å². The summed E-state index contributed by atoms with van der Waals surface area (Å²) < 4.78 is 11.2. The van der Waals surface area contributed by atoms with Crippen molar-refractivity contribution in [3.63, 3.8) is 0 Å². The van der Waals surface area contributed by atoms with Crippen LogP contribution >= 0.6 is 0 Å². The molecule has 3 aromatic rings. The van der Waals surface area contributed by atoms with Gasteiger partial charge in [0.15, 0.2) is 6.61 Å². The van der Waals surface area contributed by atoms with Crippen LogP contribution in [0.1, 0.15) is 12.5 Å². The van der Waals surface area contributed by atoms with Gasteiger partial charge in [-0.15, -0.1) is 0 Å². The molecule has 0 aliphatic carbocycles. The highest BCUT2D eigenvalue weighted by Crippen LogP contribution is 2.23. The molecule has 136 valence electrons. The van der Waals surface area contributed by atoms with Crippen LogP contribution in [0.25, 0.3) is 0 Å². The first-order chi connectivity index (χ1) is 13.2. The molecule has 0 spiro atoms. The van der Waals surface area contributed by atoms with Crippen molar-refractivity contribution in [2.24, 2.45) is 5.10 Å². The lowest BCUT2D eigenvalue weighted by Crippen LogP contribution is -2.25. The van der Waals surface area contributed by atoms with Gasteiger partial charge in [-0.05, 0) is 48.9 Å². The van der Waals surface area contributed by atoms with Crippen molar-refractivity contribution in [3.8, 4) is 17.2 Å². The summed E-state index contributed by atoms with van der Waals surface area (Å²) >= 11 is 0. The van der Waals surface area contributed by atoms with Crippen LogP contribution in [0.3, 0.4) is 0 Å². The maximum Gasteiger partial charge on any atom is 0.277 e. The molecule has 0 unspecified atom stereocenters. The molecule has 0 fully saturated rings. The highest BCUT2D eigenvalue weighted by Gasteiger charge is 2.04. The number of para-hydroxylation sites is 1. The van der Waals surface area contributed by atoms with Gasteiger partial charge in [-0.25, -0.2) is 5.43 Å². The van der Waals surface area contributed by atoms with Crippen LogP contribution in [0, 0.1) is 0 Å². The van der Waals surface area contributed by atoms with Gasteiger partial charge in [0.1, 0.15) is 17.2 Å². The maximum absolute atomic E-state index is 11.9. The number of hydrogen-bond donors (Lipinski definition) is 1. The molecule has 3 rings (SSSR count). The molecule has 0 atom stereocenters. The number of nitrogens with one attached hydrogen (secondary N) is 1. The zero-order valence-corrected chi connectivity index (χ0v) is 15.0. The molecule has 5 heteroatoms. The Morgan fingerprint density at radius 3 is 2.04 bits per heavy atom. The third kappa shape index (κ3) is 5.71. The van der Waals surface area contributed by atoms with Crippen LogP contribution in [-0.4, -0.2) is 18.2 Å². The third-order valence-corrected chi connectivity index (χ3v) is 3.71. The van der Waals surface area contributed by atoms with Gasteiger partial charge in [-0.1, -0.05) is 48.5 Å². The molecule has 0 aliphatic heterocycles. The molecule has 3 aromatic carbocycles. The first-order valence-corrected chi connectivity index (χ1v) is 8.55. The molecular weight excluding hydrogens is 340 g/mol. The Labute approximate surface area is 158 Å². The molecule has 27 heavy (non-hydrogen) atoms. The van der Waals surface area contributed by atoms with Gasteiger partial charge in [-0.2, -0.15) is 5.10 Å². The topological polar surface area (TPSA) is 59.9 Å². The Morgan fingerprint density at radius 2 is 1.37 bits per heavy atom. The van der Waals surface area contributed by atoms with E-state index >= 15 is 0 Å². The van der Waals surface area contributed by atoms with E-state index in [-0.39, 0.29) is 12.5 Å². The van der Waals surface area contributed by atoms with Crippen LogP contribution in [0.5, 0.6) is 17.2 Å². The Bertz CT molecular complexity index is 892. The van der Waals surface area contributed by atoms with Crippen LogP contribution in [0.15, 0.2) is 90.0 Å². The summed E-state index contributed by atoms with van der Waals surface area (Å²) in [4.78, 5) is 11.9. The zero-order valence-electron chi connectivity index (χ0n) is 15.0. The van der Waals surface area contributed by atoms with E-state index in [0.29, 0.717) is 11.5 Å². The fourth-order valence-corrected chi connectivity index (χ4v) is 2.30. The Kier molecular flexibility index (Phi) is 6.20. The maximum atomic E-state index is 11.9. The second-order valence-electron chi connectivity index (χ2n) is 5.77. The smallest absolute Gasteiger partial charge is 0.277 e. The minimum absolute atomic E-state index is 0.121. The van der Waals surface area contributed by atoms with Crippen molar-refractivity contribution >= 4 is 11.6 Å². The summed E-state index contributed by atoms with van der Waals surface area (Å²) in [6.07, 6.45) is 0. The van der Waals surface area contributed by atoms with Crippen LogP contribution in [-0.2, 0) is 4.79 Å². The average molecular weight is 360 g/mol. The van der Waals surface area contributed by atoms with Crippen LogP contribution < -0.4 is 14.9 Å². The SMILES string of the molecule is C/C(=N/NC(=O)COc1ccc(Oc2ccccc2)cc1)c1ccccc1. The largest absolute Gasteiger partial charge is 0.484 e. The molecule has 0 saturated heterocycles. The van der Waals surface area contributed by atoms with E-state index in [4.69, 9.17) is 9.47 Å². The normalized spacial score (nSPS) is 10.9. The second kappa shape index (κ2) is 9.20. The number of hydrazone groups is 1. The quantitative estimate of drug-likeness (QED) is 0.502. The fourth-order valence-electron chi connectivity index (χ4n) is 2.30. The molecule has 0 bridgehead atoms. The van der Waals surface area contributed by atoms with Gasteiger partial charge >= 0.3 is 0 Å². The van der Waals surface area contributed by atoms with Gasteiger partial charge in [0.05, 0.1) is 5.71 Å². The molecule has 1 N–H and O–H groups in total. The molecule has 5 nitrogen and oxygen atoms in total. The van der Waals surface area contributed by atoms with Crippen molar-refractivity contribution in [2.75, 3.05) is 6.61 Å². The minimum atomic E-state index is -0.324. The standard InChI is InChI=1S/C22H20N2O3/c1-17(18-8-4-2-5-9-18)23-24-22(25)16-26-19-12-14-21(15-13-19)27-20-10-6-3-7-11-20/h2-15H,16H2,1H3,(H,24,25)/b23-17-. The van der Waals surface area contributed by atoms with Crippen molar-refractivity contribution < 1.29 is 14.3 Å². The predicted octanol–water partition coefficient (Wildman–Crippen LogP) is 4.40. The summed E-state index contributed by atoms with van der Waals surface area (Å²) in [5.41, 5.74) is 4.17. The molecule has 0 aromatic heterocycles. The number of amides is 1.